The topological polar surface area (TPSA) is 85.4 Å². The summed E-state index contributed by atoms with van der Waals surface area (Å²) < 4.78 is 1.27. The van der Waals surface area contributed by atoms with Gasteiger partial charge in [-0.25, -0.2) is 0 Å². The number of rotatable bonds is 4. The lowest BCUT2D eigenvalue weighted by atomic mass is 10.1. The molecule has 6 heteroatoms. The molecule has 2 aromatic rings. The molecule has 0 fully saturated rings. The molecular formula is C15H16N2O4. The van der Waals surface area contributed by atoms with Gasteiger partial charge < -0.3 is 5.11 Å². The summed E-state index contributed by atoms with van der Waals surface area (Å²) in [4.78, 5) is 22.4. The van der Waals surface area contributed by atoms with E-state index in [1.54, 1.807) is 25.1 Å². The maximum absolute atomic E-state index is 12.3. The lowest BCUT2D eigenvalue weighted by molar-refractivity contribution is -0.384. The first kappa shape index (κ1) is 14.8. The monoisotopic (exact) mass is 288 g/mol. The normalized spacial score (nSPS) is 10.6. The number of non-ortho nitro benzene ring substituents is 1. The Hall–Kier alpha value is -2.63. The van der Waals surface area contributed by atoms with E-state index in [1.165, 1.54) is 16.7 Å². The molecule has 1 N–H and O–H groups in total. The van der Waals surface area contributed by atoms with Crippen LogP contribution in [0.4, 0.5) is 5.69 Å². The van der Waals surface area contributed by atoms with Crippen molar-refractivity contribution >= 4 is 5.69 Å². The van der Waals surface area contributed by atoms with E-state index >= 15 is 0 Å². The first-order valence-electron chi connectivity index (χ1n) is 6.59. The van der Waals surface area contributed by atoms with Crippen LogP contribution in [-0.4, -0.2) is 14.6 Å². The Kier molecular flexibility index (Phi) is 4.07. The summed E-state index contributed by atoms with van der Waals surface area (Å²) in [6.45, 7) is 3.85. The van der Waals surface area contributed by atoms with Gasteiger partial charge in [-0.05, 0) is 24.5 Å². The van der Waals surface area contributed by atoms with Gasteiger partial charge in [-0.15, -0.1) is 0 Å². The summed E-state index contributed by atoms with van der Waals surface area (Å²) in [5.41, 5.74) is 1.90. The second-order valence-electron chi connectivity index (χ2n) is 4.83. The summed E-state index contributed by atoms with van der Waals surface area (Å²) >= 11 is 0. The molecule has 1 aromatic carbocycles. The largest absolute Gasteiger partial charge is 0.494 e. The molecule has 0 bridgehead atoms. The zero-order valence-electron chi connectivity index (χ0n) is 11.9. The highest BCUT2D eigenvalue weighted by molar-refractivity contribution is 5.34. The van der Waals surface area contributed by atoms with Crippen molar-refractivity contribution < 1.29 is 10.0 Å². The summed E-state index contributed by atoms with van der Waals surface area (Å²) in [6, 6.07) is 7.48. The Morgan fingerprint density at radius 1 is 1.29 bits per heavy atom. The minimum atomic E-state index is -0.478. The average molecular weight is 288 g/mol. The fraction of sp³-hybridized carbons (Fsp3) is 0.267. The molecule has 0 aliphatic rings. The molecular weight excluding hydrogens is 272 g/mol. The number of benzene rings is 1. The van der Waals surface area contributed by atoms with Crippen LogP contribution in [0.2, 0.25) is 0 Å². The first-order chi connectivity index (χ1) is 9.93. The molecule has 1 aromatic heterocycles. The molecule has 6 nitrogen and oxygen atoms in total. The number of hydrogen-bond acceptors (Lipinski definition) is 4. The number of pyridine rings is 1. The molecule has 0 saturated carbocycles. The van der Waals surface area contributed by atoms with E-state index in [-0.39, 0.29) is 23.7 Å². The Labute approximate surface area is 121 Å². The third-order valence-electron chi connectivity index (χ3n) is 3.44. The van der Waals surface area contributed by atoms with E-state index in [0.29, 0.717) is 17.5 Å². The number of aryl methyl sites for hydroxylation is 1. The second kappa shape index (κ2) is 5.78. The lowest BCUT2D eigenvalue weighted by Gasteiger charge is -2.12. The number of nitrogens with zero attached hydrogens (tertiary/aromatic N) is 2. The van der Waals surface area contributed by atoms with E-state index < -0.39 is 4.92 Å². The van der Waals surface area contributed by atoms with Gasteiger partial charge in [-0.1, -0.05) is 19.1 Å². The van der Waals surface area contributed by atoms with Crippen molar-refractivity contribution in [2.24, 2.45) is 0 Å². The number of nitro benzene ring substituents is 1. The van der Waals surface area contributed by atoms with Crippen LogP contribution in [0.15, 0.2) is 35.1 Å². The standard InChI is InChI=1S/C15H16N2O4/c1-3-13-10(2)8-14(18)16(15(13)19)9-11-4-6-12(7-5-11)17(20)21/h4-8,18H,3,9H2,1-2H3. The summed E-state index contributed by atoms with van der Waals surface area (Å²) in [6.07, 6.45) is 0.589. The zero-order chi connectivity index (χ0) is 15.6. The van der Waals surface area contributed by atoms with Gasteiger partial charge in [0.25, 0.3) is 11.2 Å². The molecule has 0 spiro atoms. The summed E-state index contributed by atoms with van der Waals surface area (Å²) in [7, 11) is 0. The zero-order valence-corrected chi connectivity index (χ0v) is 11.9. The maximum Gasteiger partial charge on any atom is 0.269 e. The van der Waals surface area contributed by atoms with Gasteiger partial charge in [0.05, 0.1) is 11.5 Å². The predicted octanol–water partition coefficient (Wildman–Crippen LogP) is 2.38. The SMILES string of the molecule is CCc1c(C)cc(O)n(Cc2ccc([N+](=O)[O-])cc2)c1=O. The van der Waals surface area contributed by atoms with Crippen molar-refractivity contribution in [3.05, 3.63) is 67.5 Å². The van der Waals surface area contributed by atoms with Gasteiger partial charge in [-0.3, -0.25) is 19.5 Å². The van der Waals surface area contributed by atoms with Gasteiger partial charge in [-0.2, -0.15) is 0 Å². The van der Waals surface area contributed by atoms with E-state index in [4.69, 9.17) is 0 Å². The van der Waals surface area contributed by atoms with E-state index in [1.807, 2.05) is 6.92 Å². The highest BCUT2D eigenvalue weighted by Gasteiger charge is 2.12. The van der Waals surface area contributed by atoms with Crippen LogP contribution >= 0.6 is 0 Å². The molecule has 0 aliphatic carbocycles. The lowest BCUT2D eigenvalue weighted by Crippen LogP contribution is -2.25. The Morgan fingerprint density at radius 3 is 2.43 bits per heavy atom. The maximum atomic E-state index is 12.3. The van der Waals surface area contributed by atoms with Crippen LogP contribution < -0.4 is 5.56 Å². The summed E-state index contributed by atoms with van der Waals surface area (Å²) in [5, 5.41) is 20.6. The van der Waals surface area contributed by atoms with Crippen LogP contribution in [0.5, 0.6) is 5.88 Å². The predicted molar refractivity (Wildman–Crippen MR) is 78.7 cm³/mol. The molecule has 2 rings (SSSR count). The van der Waals surface area contributed by atoms with Crippen molar-refractivity contribution in [2.45, 2.75) is 26.8 Å². The molecule has 1 heterocycles. The van der Waals surface area contributed by atoms with Crippen molar-refractivity contribution in [3.63, 3.8) is 0 Å². The van der Waals surface area contributed by atoms with Crippen LogP contribution in [0, 0.1) is 17.0 Å². The number of aromatic nitrogens is 1. The van der Waals surface area contributed by atoms with Gasteiger partial charge in [0.1, 0.15) is 0 Å². The van der Waals surface area contributed by atoms with Gasteiger partial charge >= 0.3 is 0 Å². The third-order valence-corrected chi connectivity index (χ3v) is 3.44. The molecule has 0 unspecified atom stereocenters. The van der Waals surface area contributed by atoms with Crippen LogP contribution in [0.25, 0.3) is 0 Å². The van der Waals surface area contributed by atoms with Gasteiger partial charge in [0.2, 0.25) is 0 Å². The van der Waals surface area contributed by atoms with Crippen LogP contribution in [0.1, 0.15) is 23.6 Å². The van der Waals surface area contributed by atoms with E-state index in [9.17, 15) is 20.0 Å². The fourth-order valence-electron chi connectivity index (χ4n) is 2.28. The highest BCUT2D eigenvalue weighted by atomic mass is 16.6. The third kappa shape index (κ3) is 2.94. The van der Waals surface area contributed by atoms with Crippen LogP contribution in [0.3, 0.4) is 0 Å². The van der Waals surface area contributed by atoms with Crippen molar-refractivity contribution in [1.82, 2.24) is 4.57 Å². The van der Waals surface area contributed by atoms with Crippen LogP contribution in [-0.2, 0) is 13.0 Å². The minimum absolute atomic E-state index is 0.00604. The van der Waals surface area contributed by atoms with Gasteiger partial charge in [0.15, 0.2) is 5.88 Å². The molecule has 21 heavy (non-hydrogen) atoms. The average Bonchev–Trinajstić information content (AvgIpc) is 2.44. The fourth-order valence-corrected chi connectivity index (χ4v) is 2.28. The molecule has 110 valence electrons. The molecule has 0 amide bonds. The molecule has 0 radical (unpaired) electrons. The summed E-state index contributed by atoms with van der Waals surface area (Å²) in [5.74, 6) is -0.104. The van der Waals surface area contributed by atoms with Gasteiger partial charge in [0, 0.05) is 23.8 Å². The van der Waals surface area contributed by atoms with Crippen molar-refractivity contribution in [2.75, 3.05) is 0 Å². The quantitative estimate of drug-likeness (QED) is 0.691. The van der Waals surface area contributed by atoms with Crippen molar-refractivity contribution in [1.29, 1.82) is 0 Å². The molecule has 0 atom stereocenters. The minimum Gasteiger partial charge on any atom is -0.494 e. The van der Waals surface area contributed by atoms with E-state index in [2.05, 4.69) is 0 Å². The number of aromatic hydroxyl groups is 1. The Balaban J connectivity index is 2.40. The molecule has 0 aliphatic heterocycles. The molecule has 0 saturated heterocycles. The number of hydrogen-bond donors (Lipinski definition) is 1. The van der Waals surface area contributed by atoms with E-state index in [0.717, 1.165) is 5.56 Å². The Morgan fingerprint density at radius 2 is 1.90 bits per heavy atom. The van der Waals surface area contributed by atoms with Crippen molar-refractivity contribution in [3.8, 4) is 5.88 Å². The Bertz CT molecular complexity index is 733. The highest BCUT2D eigenvalue weighted by Crippen LogP contribution is 2.17. The smallest absolute Gasteiger partial charge is 0.269 e. The second-order valence-corrected chi connectivity index (χ2v) is 4.83. The number of nitro groups is 1. The first-order valence-corrected chi connectivity index (χ1v) is 6.59.